The van der Waals surface area contributed by atoms with Crippen LogP contribution in [0.1, 0.15) is 54.0 Å². The Balaban J connectivity index is 0.000000290. The standard InChI is InChI=1S/C18H18ClF2IN2O3.C17H15Cl2F2IN2O3/c1-9-6-10(22)4-5-13(9)23-16-11(7-12(19)14(20)15(16)21)17(25)24-27-8-18(2,3)26;1-17(2,26)8-27-24(19)16(25)10-4-5-12(20)14(21)15(10)23-13-6-3-9(22)7-11(13)18/h4-7,23,26H,8H2,1-3H3,(H,24,25);3-7,23,26H,8H2,1-2H3. The summed E-state index contributed by atoms with van der Waals surface area (Å²) in [6.45, 7) is 7.17. The number of amides is 2. The maximum Gasteiger partial charge on any atom is 0.295 e. The predicted octanol–water partition coefficient (Wildman–Crippen LogP) is 9.97. The normalized spacial score (nSPS) is 11.4. The number of aliphatic hydroxyl groups is 2. The van der Waals surface area contributed by atoms with Crippen molar-refractivity contribution in [2.75, 3.05) is 23.8 Å². The molecule has 0 aliphatic heterocycles. The van der Waals surface area contributed by atoms with Gasteiger partial charge in [0.1, 0.15) is 13.2 Å². The topological polar surface area (TPSA) is 132 Å². The highest BCUT2D eigenvalue weighted by molar-refractivity contribution is 14.1. The van der Waals surface area contributed by atoms with Gasteiger partial charge in [0.2, 0.25) is 0 Å². The average molecular weight is 1040 g/mol. The van der Waals surface area contributed by atoms with Gasteiger partial charge in [0.25, 0.3) is 11.8 Å². The molecule has 0 saturated carbocycles. The molecule has 4 aromatic rings. The van der Waals surface area contributed by atoms with Crippen LogP contribution in [0.25, 0.3) is 0 Å². The Labute approximate surface area is 350 Å². The Morgan fingerprint density at radius 1 is 0.759 bits per heavy atom. The number of nitrogens with zero attached hydrogens (tertiary/aromatic N) is 1. The Morgan fingerprint density at radius 3 is 1.89 bits per heavy atom. The molecule has 0 unspecified atom stereocenters. The molecule has 5 N–H and O–H groups in total. The van der Waals surface area contributed by atoms with Crippen LogP contribution in [0, 0.1) is 37.3 Å². The lowest BCUT2D eigenvalue weighted by Gasteiger charge is -2.21. The summed E-state index contributed by atoms with van der Waals surface area (Å²) in [6, 6.07) is 13.1. The van der Waals surface area contributed by atoms with E-state index in [9.17, 15) is 37.4 Å². The van der Waals surface area contributed by atoms with Crippen molar-refractivity contribution in [2.24, 2.45) is 0 Å². The third-order valence-electron chi connectivity index (χ3n) is 6.65. The molecule has 0 spiro atoms. The summed E-state index contributed by atoms with van der Waals surface area (Å²) in [7, 11) is 0. The summed E-state index contributed by atoms with van der Waals surface area (Å²) in [5.74, 6) is -6.78. The second kappa shape index (κ2) is 19.4. The first-order chi connectivity index (χ1) is 25.0. The van der Waals surface area contributed by atoms with Crippen molar-refractivity contribution < 1.29 is 47.0 Å². The molecule has 0 aliphatic carbocycles. The number of carbonyl (C=O) groups excluding carboxylic acids is 2. The van der Waals surface area contributed by atoms with Crippen molar-refractivity contribution in [2.45, 2.75) is 45.8 Å². The number of benzene rings is 4. The zero-order valence-electron chi connectivity index (χ0n) is 29.0. The van der Waals surface area contributed by atoms with Crippen LogP contribution in [0.2, 0.25) is 10.0 Å². The third kappa shape index (κ3) is 13.2. The van der Waals surface area contributed by atoms with E-state index in [0.29, 0.717) is 10.3 Å². The van der Waals surface area contributed by atoms with E-state index in [1.807, 2.05) is 28.7 Å². The first-order valence-electron chi connectivity index (χ1n) is 15.4. The number of carbonyl (C=O) groups is 2. The van der Waals surface area contributed by atoms with Gasteiger partial charge in [-0.05, 0) is 140 Å². The summed E-state index contributed by atoms with van der Waals surface area (Å²) in [5, 5.41) is 24.3. The summed E-state index contributed by atoms with van der Waals surface area (Å²) in [4.78, 5) is 34.8. The smallest absolute Gasteiger partial charge is 0.295 e. The van der Waals surface area contributed by atoms with E-state index in [1.165, 1.54) is 27.7 Å². The van der Waals surface area contributed by atoms with Crippen molar-refractivity contribution in [1.82, 2.24) is 10.1 Å². The van der Waals surface area contributed by atoms with Crippen molar-refractivity contribution in [1.29, 1.82) is 0 Å². The van der Waals surface area contributed by atoms with E-state index < -0.39 is 57.0 Å². The quantitative estimate of drug-likeness (QED) is 0.0312. The fourth-order valence-corrected chi connectivity index (χ4v) is 5.96. The molecule has 0 heterocycles. The van der Waals surface area contributed by atoms with Gasteiger partial charge in [0.15, 0.2) is 23.3 Å². The van der Waals surface area contributed by atoms with Crippen LogP contribution < -0.4 is 16.1 Å². The number of anilines is 4. The molecule has 0 aliphatic rings. The summed E-state index contributed by atoms with van der Waals surface area (Å²) < 4.78 is 58.7. The van der Waals surface area contributed by atoms with Crippen LogP contribution in [0.4, 0.5) is 40.3 Å². The lowest BCUT2D eigenvalue weighted by molar-refractivity contribution is -0.115. The van der Waals surface area contributed by atoms with Crippen molar-refractivity contribution >= 4 is 115 Å². The van der Waals surface area contributed by atoms with Gasteiger partial charge in [0.05, 0.1) is 49.4 Å². The molecule has 19 heteroatoms. The minimum Gasteiger partial charge on any atom is -0.388 e. The molecule has 0 saturated heterocycles. The number of hydrogen-bond acceptors (Lipinski definition) is 8. The molecule has 0 bridgehead atoms. The van der Waals surface area contributed by atoms with Crippen molar-refractivity contribution in [3.8, 4) is 0 Å². The van der Waals surface area contributed by atoms with Gasteiger partial charge in [-0.3, -0.25) is 19.3 Å². The van der Waals surface area contributed by atoms with Crippen LogP contribution in [0.5, 0.6) is 0 Å². The van der Waals surface area contributed by atoms with Gasteiger partial charge in [-0.25, -0.2) is 23.0 Å². The Hall–Kier alpha value is -2.69. The largest absolute Gasteiger partial charge is 0.388 e. The maximum absolute atomic E-state index is 14.5. The molecule has 0 radical (unpaired) electrons. The molecular weight excluding hydrogens is 1010 g/mol. The monoisotopic (exact) mass is 1040 g/mol. The number of nitrogens with one attached hydrogen (secondary N) is 3. The Morgan fingerprint density at radius 2 is 1.31 bits per heavy atom. The van der Waals surface area contributed by atoms with Crippen LogP contribution in [-0.4, -0.2) is 51.0 Å². The van der Waals surface area contributed by atoms with E-state index in [-0.39, 0.29) is 40.7 Å². The highest BCUT2D eigenvalue weighted by Crippen LogP contribution is 2.34. The minimum atomic E-state index is -1.28. The average Bonchev–Trinajstić information content (AvgIpc) is 3.07. The highest BCUT2D eigenvalue weighted by atomic mass is 127. The van der Waals surface area contributed by atoms with Gasteiger partial charge < -0.3 is 20.8 Å². The SMILES string of the molecule is CC(C)(O)CON(Cl)C(=O)c1ccc(F)c(F)c1Nc1ccc(I)cc1Cl.Cc1cc(I)ccc1Nc1c(C(=O)NOCC(C)(C)O)cc(Cl)c(F)c1F. The zero-order chi connectivity index (χ0) is 40.7. The molecule has 0 aromatic heterocycles. The lowest BCUT2D eigenvalue weighted by Crippen LogP contribution is -2.33. The minimum absolute atomic E-state index is 0.199. The predicted molar refractivity (Wildman–Crippen MR) is 216 cm³/mol. The van der Waals surface area contributed by atoms with Crippen LogP contribution in [0.15, 0.2) is 54.6 Å². The molecule has 0 fully saturated rings. The van der Waals surface area contributed by atoms with Gasteiger partial charge in [0, 0.05) is 24.6 Å². The fraction of sp³-hybridized carbons (Fsp3) is 0.257. The van der Waals surface area contributed by atoms with Crippen molar-refractivity contribution in [3.05, 3.63) is 112 Å². The molecule has 10 nitrogen and oxygen atoms in total. The zero-order valence-corrected chi connectivity index (χ0v) is 35.6. The van der Waals surface area contributed by atoms with Crippen LogP contribution in [0.3, 0.4) is 0 Å². The van der Waals surface area contributed by atoms with Gasteiger partial charge >= 0.3 is 0 Å². The number of aryl methyl sites for hydroxylation is 1. The lowest BCUT2D eigenvalue weighted by atomic mass is 10.1. The molecule has 4 rings (SSSR count). The molecule has 292 valence electrons. The molecule has 2 amide bonds. The summed E-state index contributed by atoms with van der Waals surface area (Å²) >= 11 is 21.7. The molecule has 0 atom stereocenters. The van der Waals surface area contributed by atoms with Crippen LogP contribution in [-0.2, 0) is 9.68 Å². The van der Waals surface area contributed by atoms with E-state index in [2.05, 4.69) is 38.7 Å². The van der Waals surface area contributed by atoms with Gasteiger partial charge in [-0.1, -0.05) is 23.2 Å². The molecule has 54 heavy (non-hydrogen) atoms. The third-order valence-corrected chi connectivity index (χ3v) is 8.83. The van der Waals surface area contributed by atoms with Gasteiger partial charge in [-0.2, -0.15) is 0 Å². The van der Waals surface area contributed by atoms with Crippen LogP contribution >= 0.6 is 80.2 Å². The highest BCUT2D eigenvalue weighted by Gasteiger charge is 2.26. The fourth-order valence-electron chi connectivity index (χ4n) is 4.08. The number of halogens is 9. The molecular formula is C35H33Cl3F4I2N4O6. The van der Waals surface area contributed by atoms with E-state index in [1.54, 1.807) is 37.3 Å². The first-order valence-corrected chi connectivity index (χ1v) is 18.6. The molecule has 4 aromatic carbocycles. The maximum atomic E-state index is 14.5. The second-order valence-corrected chi connectivity index (χ2v) is 16.3. The van der Waals surface area contributed by atoms with Gasteiger partial charge in [-0.15, -0.1) is 4.58 Å². The number of rotatable bonds is 12. The first kappa shape index (κ1) is 45.7. The number of hydrogen-bond donors (Lipinski definition) is 5. The summed E-state index contributed by atoms with van der Waals surface area (Å²) in [6.07, 6.45) is 0. The Bertz CT molecular complexity index is 2020. The van der Waals surface area contributed by atoms with E-state index >= 15 is 0 Å². The number of hydroxylamine groups is 2. The van der Waals surface area contributed by atoms with E-state index in [0.717, 1.165) is 30.9 Å². The second-order valence-electron chi connectivity index (χ2n) is 12.7. The van der Waals surface area contributed by atoms with Crippen molar-refractivity contribution in [3.63, 3.8) is 0 Å². The Kier molecular flexibility index (Phi) is 16.5. The summed E-state index contributed by atoms with van der Waals surface area (Å²) in [5.41, 5.74) is -0.130. The van der Waals surface area contributed by atoms with E-state index in [4.69, 9.17) is 44.7 Å².